The van der Waals surface area contributed by atoms with Crippen molar-refractivity contribution < 1.29 is 0 Å². The third kappa shape index (κ3) is 2.39. The second-order valence-electron chi connectivity index (χ2n) is 3.92. The predicted molar refractivity (Wildman–Crippen MR) is 73.6 cm³/mol. The van der Waals surface area contributed by atoms with Crippen LogP contribution in [-0.4, -0.2) is 23.9 Å². The predicted octanol–water partition coefficient (Wildman–Crippen LogP) is 3.51. The third-order valence-corrected chi connectivity index (χ3v) is 2.88. The molecule has 0 amide bonds. The number of allylic oxidation sites excluding steroid dienone is 1. The van der Waals surface area contributed by atoms with Gasteiger partial charge in [-0.15, -0.1) is 0 Å². The Bertz CT molecular complexity index is 519. The van der Waals surface area contributed by atoms with Crippen molar-refractivity contribution >= 4 is 35.3 Å². The molecule has 4 radical (unpaired) electrons. The van der Waals surface area contributed by atoms with Gasteiger partial charge in [0.15, 0.2) is 0 Å². The molecule has 17 heavy (non-hydrogen) atoms. The number of hydrogen-bond acceptors (Lipinski definition) is 1. The molecule has 2 heteroatoms. The van der Waals surface area contributed by atoms with Crippen LogP contribution in [0.2, 0.25) is 0 Å². The molecule has 0 atom stereocenters. The maximum absolute atomic E-state index is 2.23. The summed E-state index contributed by atoms with van der Waals surface area (Å²) in [7, 11) is 0. The fraction of sp³-hybridized carbons (Fsp3) is 0.0667. The molecule has 82 valence electrons. The summed E-state index contributed by atoms with van der Waals surface area (Å²) in [6.45, 7) is 0. The van der Waals surface area contributed by atoms with Gasteiger partial charge < -0.3 is 4.90 Å². The summed E-state index contributed by atoms with van der Waals surface area (Å²) in [5.74, 6) is 0. The van der Waals surface area contributed by atoms with Crippen molar-refractivity contribution in [3.63, 3.8) is 0 Å². The van der Waals surface area contributed by atoms with E-state index >= 15 is 0 Å². The maximum Gasteiger partial charge on any atom is 0.0490 e. The smallest absolute Gasteiger partial charge is 0.0490 e. The molecule has 2 aromatic rings. The summed E-state index contributed by atoms with van der Waals surface area (Å²) < 4.78 is 0. The van der Waals surface area contributed by atoms with Crippen LogP contribution in [0.5, 0.6) is 0 Å². The third-order valence-electron chi connectivity index (χ3n) is 2.88. The molecule has 1 aliphatic heterocycles. The molecule has 0 bridgehead atoms. The van der Waals surface area contributed by atoms with Gasteiger partial charge in [-0.2, -0.15) is 0 Å². The van der Waals surface area contributed by atoms with Crippen LogP contribution in [0.3, 0.4) is 0 Å². The number of fused-ring (bicyclic) bond motifs is 1. The first-order chi connectivity index (χ1) is 7.95. The average Bonchev–Trinajstić information content (AvgIpc) is 2.39. The molecule has 0 spiro atoms. The zero-order chi connectivity index (χ0) is 10.8. The number of anilines is 2. The fourth-order valence-electron chi connectivity index (χ4n) is 2.10. The van der Waals surface area contributed by atoms with Crippen molar-refractivity contribution in [3.8, 4) is 0 Å². The Labute approximate surface area is 119 Å². The fourth-order valence-corrected chi connectivity index (χ4v) is 2.10. The summed E-state index contributed by atoms with van der Waals surface area (Å²) in [5.41, 5.74) is 3.89. The number of para-hydroxylation sites is 2. The molecule has 3 rings (SSSR count). The topological polar surface area (TPSA) is 3.24 Å². The number of benzene rings is 2. The molecule has 0 unspecified atom stereocenters. The average molecular weight is 326 g/mol. The molecule has 0 fully saturated rings. The number of nitrogens with zero attached hydrogens (tertiary/aromatic N) is 1. The van der Waals surface area contributed by atoms with Crippen LogP contribution in [0.1, 0.15) is 5.56 Å². The van der Waals surface area contributed by atoms with E-state index in [1.165, 1.54) is 16.9 Å². The Morgan fingerprint density at radius 3 is 2.35 bits per heavy atom. The van der Waals surface area contributed by atoms with Gasteiger partial charge in [0, 0.05) is 41.5 Å². The molecular weight excluding hydrogens is 313 g/mol. The Kier molecular flexibility index (Phi) is 3.89. The molecule has 0 aromatic heterocycles. The van der Waals surface area contributed by atoms with Gasteiger partial charge in [0.05, 0.1) is 0 Å². The van der Waals surface area contributed by atoms with E-state index < -0.39 is 0 Å². The van der Waals surface area contributed by atoms with Crippen LogP contribution in [0.4, 0.5) is 11.4 Å². The molecular formula is C15H13NSn. The van der Waals surface area contributed by atoms with E-state index in [4.69, 9.17) is 0 Å². The monoisotopic (exact) mass is 327 g/mol. The normalized spacial score (nSPS) is 12.8. The van der Waals surface area contributed by atoms with E-state index in [-0.39, 0.29) is 23.9 Å². The molecule has 1 heterocycles. The molecule has 0 N–H and O–H groups in total. The Hall–Kier alpha value is -1.22. The van der Waals surface area contributed by atoms with Crippen molar-refractivity contribution in [2.75, 3.05) is 4.90 Å². The summed E-state index contributed by atoms with van der Waals surface area (Å²) in [4.78, 5) is 2.23. The largest absolute Gasteiger partial charge is 0.317 e. The van der Waals surface area contributed by atoms with Gasteiger partial charge in [-0.05, 0) is 30.2 Å². The van der Waals surface area contributed by atoms with E-state index in [2.05, 4.69) is 65.7 Å². The first kappa shape index (κ1) is 12.2. The number of hydrogen-bond donors (Lipinski definition) is 0. The van der Waals surface area contributed by atoms with Gasteiger partial charge in [-0.25, -0.2) is 0 Å². The van der Waals surface area contributed by atoms with Gasteiger partial charge in [-0.3, -0.25) is 0 Å². The Morgan fingerprint density at radius 1 is 0.824 bits per heavy atom. The molecule has 0 saturated heterocycles. The van der Waals surface area contributed by atoms with Crippen LogP contribution in [0.15, 0.2) is 66.9 Å². The maximum atomic E-state index is 2.23. The van der Waals surface area contributed by atoms with Gasteiger partial charge in [0.25, 0.3) is 0 Å². The van der Waals surface area contributed by atoms with Crippen molar-refractivity contribution in [1.29, 1.82) is 0 Å². The SMILES string of the molecule is C1=CN(c2ccccc2)c2ccccc2C1.[Sn]. The minimum atomic E-state index is 0. The molecule has 0 saturated carbocycles. The second-order valence-corrected chi connectivity index (χ2v) is 3.92. The Balaban J connectivity index is 0.00000108. The first-order valence-electron chi connectivity index (χ1n) is 5.54. The van der Waals surface area contributed by atoms with Crippen LogP contribution >= 0.6 is 0 Å². The van der Waals surface area contributed by atoms with E-state index in [9.17, 15) is 0 Å². The van der Waals surface area contributed by atoms with Gasteiger partial charge in [0.1, 0.15) is 0 Å². The van der Waals surface area contributed by atoms with Crippen molar-refractivity contribution in [3.05, 3.63) is 72.4 Å². The zero-order valence-electron chi connectivity index (χ0n) is 9.51. The van der Waals surface area contributed by atoms with E-state index in [1.54, 1.807) is 0 Å². The quantitative estimate of drug-likeness (QED) is 0.725. The minimum absolute atomic E-state index is 0. The summed E-state index contributed by atoms with van der Waals surface area (Å²) in [6, 6.07) is 19.0. The summed E-state index contributed by atoms with van der Waals surface area (Å²) in [6.07, 6.45) is 5.38. The molecule has 0 aliphatic carbocycles. The molecule has 2 aromatic carbocycles. The van der Waals surface area contributed by atoms with Crippen molar-refractivity contribution in [1.82, 2.24) is 0 Å². The number of rotatable bonds is 1. The van der Waals surface area contributed by atoms with Crippen LogP contribution in [0, 0.1) is 0 Å². The van der Waals surface area contributed by atoms with Gasteiger partial charge in [0.2, 0.25) is 0 Å². The second kappa shape index (κ2) is 5.41. The first-order valence-corrected chi connectivity index (χ1v) is 5.54. The van der Waals surface area contributed by atoms with E-state index in [0.717, 1.165) is 6.42 Å². The zero-order valence-corrected chi connectivity index (χ0v) is 12.4. The van der Waals surface area contributed by atoms with Crippen molar-refractivity contribution in [2.24, 2.45) is 0 Å². The van der Waals surface area contributed by atoms with Crippen LogP contribution in [0.25, 0.3) is 0 Å². The van der Waals surface area contributed by atoms with Crippen LogP contribution in [-0.2, 0) is 6.42 Å². The minimum Gasteiger partial charge on any atom is -0.317 e. The van der Waals surface area contributed by atoms with Gasteiger partial charge >= 0.3 is 0 Å². The van der Waals surface area contributed by atoms with Crippen LogP contribution < -0.4 is 4.90 Å². The van der Waals surface area contributed by atoms with E-state index in [1.807, 2.05) is 6.07 Å². The summed E-state index contributed by atoms with van der Waals surface area (Å²) >= 11 is 0. The van der Waals surface area contributed by atoms with Crippen molar-refractivity contribution in [2.45, 2.75) is 6.42 Å². The van der Waals surface area contributed by atoms with Gasteiger partial charge in [-0.1, -0.05) is 42.5 Å². The van der Waals surface area contributed by atoms with E-state index in [0.29, 0.717) is 0 Å². The molecule has 1 nitrogen and oxygen atoms in total. The summed E-state index contributed by atoms with van der Waals surface area (Å²) in [5, 5.41) is 0. The standard InChI is InChI=1S/C15H13N.Sn/c1-2-9-14(10-3-1)16-12-6-8-13-7-4-5-11-15(13)16;/h1-7,9-12H,8H2;. The Morgan fingerprint density at radius 2 is 1.53 bits per heavy atom. The molecule has 1 aliphatic rings.